The van der Waals surface area contributed by atoms with E-state index < -0.39 is 95.7 Å². The highest BCUT2D eigenvalue weighted by Gasteiger charge is 2.59. The van der Waals surface area contributed by atoms with Crippen LogP contribution in [-0.2, 0) is 36.6 Å². The van der Waals surface area contributed by atoms with Crippen molar-refractivity contribution in [2.45, 2.75) is 80.9 Å². The third-order valence-electron chi connectivity index (χ3n) is 9.08. The standard InChI is InChI=1S/C34H35NO19/c1-2-13-5-11(10-35-13)6-14-19(9-20-21(22(14)39)17(38)8-18(50-20)12-3-4-15(36)16(37)7-12)51-32-25(42)23(40)24(41)27(52-32)31(47)54-33-26(43)28(44)34(48,49)29(53-33)30(45)46/h3-5,7-10,23-29,32-33,35-37,39-44,48-49H,2,6H2,1H3,(H,45,46). The number of carbonyl (C=O) groups is 2. The Hall–Kier alpha value is -5.29. The summed E-state index contributed by atoms with van der Waals surface area (Å²) < 4.78 is 27.0. The fraction of sp³-hybridized carbons (Fsp3) is 0.382. The molecule has 0 saturated carbocycles. The summed E-state index contributed by atoms with van der Waals surface area (Å²) in [4.78, 5) is 41.2. The van der Waals surface area contributed by atoms with Gasteiger partial charge in [-0.15, -0.1) is 0 Å². The molecule has 0 spiro atoms. The molecule has 2 aromatic heterocycles. The molecule has 2 fully saturated rings. The predicted molar refractivity (Wildman–Crippen MR) is 175 cm³/mol. The van der Waals surface area contributed by atoms with E-state index in [0.717, 1.165) is 30.0 Å². The van der Waals surface area contributed by atoms with Gasteiger partial charge >= 0.3 is 11.9 Å². The second-order valence-corrected chi connectivity index (χ2v) is 12.7. The number of phenolic OH excluding ortho intramolecular Hbond substituents is 3. The van der Waals surface area contributed by atoms with Gasteiger partial charge in [0.2, 0.25) is 24.5 Å². The maximum Gasteiger partial charge on any atom is 0.340 e. The molecule has 2 aliphatic rings. The van der Waals surface area contributed by atoms with Gasteiger partial charge in [0.15, 0.2) is 23.0 Å². The van der Waals surface area contributed by atoms with Crippen molar-refractivity contribution >= 4 is 22.9 Å². The number of aromatic hydroxyl groups is 3. The molecular weight excluding hydrogens is 726 g/mol. The first kappa shape index (κ1) is 38.4. The number of nitrogens with one attached hydrogen (secondary N) is 1. The van der Waals surface area contributed by atoms with E-state index in [1.165, 1.54) is 6.07 Å². The Bertz CT molecular complexity index is 2130. The van der Waals surface area contributed by atoms with Gasteiger partial charge in [-0.25, -0.2) is 9.59 Å². The molecule has 20 heteroatoms. The lowest BCUT2D eigenvalue weighted by Gasteiger charge is -2.43. The Morgan fingerprint density at radius 1 is 0.889 bits per heavy atom. The minimum absolute atomic E-state index is 0.0639. The van der Waals surface area contributed by atoms with Crippen molar-refractivity contribution in [1.82, 2.24) is 4.98 Å². The zero-order valence-corrected chi connectivity index (χ0v) is 27.8. The van der Waals surface area contributed by atoms with Crippen LogP contribution in [0.2, 0.25) is 0 Å². The summed E-state index contributed by atoms with van der Waals surface area (Å²) in [5.74, 6) is -9.26. The Balaban J connectivity index is 1.36. The Kier molecular flexibility index (Phi) is 10.3. The first-order valence-electron chi connectivity index (χ1n) is 16.2. The van der Waals surface area contributed by atoms with Crippen LogP contribution >= 0.6 is 0 Å². The molecule has 4 heterocycles. The molecule has 0 bridgehead atoms. The molecule has 6 rings (SSSR count). The monoisotopic (exact) mass is 761 g/mol. The number of aromatic amines is 1. The number of aliphatic hydroxyl groups is 7. The minimum atomic E-state index is -3.53. The van der Waals surface area contributed by atoms with Crippen LogP contribution in [0, 0.1) is 0 Å². The van der Waals surface area contributed by atoms with Gasteiger partial charge < -0.3 is 84.5 Å². The van der Waals surface area contributed by atoms with Crippen LogP contribution in [-0.4, -0.2) is 134 Å². The van der Waals surface area contributed by atoms with Crippen molar-refractivity contribution in [3.63, 3.8) is 0 Å². The minimum Gasteiger partial charge on any atom is -0.507 e. The fourth-order valence-electron chi connectivity index (χ4n) is 6.07. The molecule has 20 nitrogen and oxygen atoms in total. The number of aryl methyl sites for hydroxylation is 1. The highest BCUT2D eigenvalue weighted by Crippen LogP contribution is 2.40. The molecule has 4 aromatic rings. The number of hydrogen-bond donors (Lipinski definition) is 12. The number of carboxylic acids is 1. The summed E-state index contributed by atoms with van der Waals surface area (Å²) in [6.45, 7) is 1.89. The van der Waals surface area contributed by atoms with Crippen LogP contribution in [0.1, 0.15) is 23.7 Å². The quantitative estimate of drug-likeness (QED) is 0.0498. The predicted octanol–water partition coefficient (Wildman–Crippen LogP) is -2.00. The van der Waals surface area contributed by atoms with Crippen LogP contribution in [0.15, 0.2) is 51.8 Å². The summed E-state index contributed by atoms with van der Waals surface area (Å²) in [5.41, 5.74) is 0.478. The second kappa shape index (κ2) is 14.5. The molecule has 54 heavy (non-hydrogen) atoms. The molecule has 0 aliphatic carbocycles. The normalized spacial score (nSPS) is 28.1. The topological polar surface area (TPSA) is 340 Å². The number of H-pyrrole nitrogens is 1. The van der Waals surface area contributed by atoms with E-state index in [1.54, 1.807) is 12.3 Å². The van der Waals surface area contributed by atoms with Crippen molar-refractivity contribution in [1.29, 1.82) is 0 Å². The van der Waals surface area contributed by atoms with Crippen molar-refractivity contribution in [3.05, 3.63) is 69.6 Å². The van der Waals surface area contributed by atoms with Gasteiger partial charge in [0.05, 0.1) is 0 Å². The van der Waals surface area contributed by atoms with Crippen LogP contribution in [0.3, 0.4) is 0 Å². The Labute approximate surface area is 301 Å². The van der Waals surface area contributed by atoms with Gasteiger partial charge in [0.1, 0.15) is 58.7 Å². The summed E-state index contributed by atoms with van der Waals surface area (Å²) in [6.07, 6.45) is -18.9. The lowest BCUT2D eigenvalue weighted by molar-refractivity contribution is -0.372. The number of ether oxygens (including phenoxy) is 4. The first-order chi connectivity index (χ1) is 25.4. The maximum absolute atomic E-state index is 13.4. The van der Waals surface area contributed by atoms with Gasteiger partial charge in [-0.1, -0.05) is 6.92 Å². The largest absolute Gasteiger partial charge is 0.507 e. The number of esters is 1. The number of aliphatic carboxylic acids is 1. The van der Waals surface area contributed by atoms with Gasteiger partial charge in [0.25, 0.3) is 0 Å². The van der Waals surface area contributed by atoms with E-state index in [1.807, 2.05) is 6.92 Å². The lowest BCUT2D eigenvalue weighted by atomic mass is 9.94. The second-order valence-electron chi connectivity index (χ2n) is 12.7. The average Bonchev–Trinajstić information content (AvgIpc) is 3.58. The highest BCUT2D eigenvalue weighted by molar-refractivity contribution is 5.88. The summed E-state index contributed by atoms with van der Waals surface area (Å²) in [7, 11) is 0. The summed E-state index contributed by atoms with van der Waals surface area (Å²) >= 11 is 0. The van der Waals surface area contributed by atoms with Crippen LogP contribution in [0.4, 0.5) is 0 Å². The van der Waals surface area contributed by atoms with Crippen molar-refractivity contribution in [2.24, 2.45) is 0 Å². The lowest BCUT2D eigenvalue weighted by Crippen LogP contribution is -2.69. The average molecular weight is 762 g/mol. The van der Waals surface area contributed by atoms with E-state index in [4.69, 9.17) is 23.4 Å². The molecule has 2 aromatic carbocycles. The summed E-state index contributed by atoms with van der Waals surface area (Å²) in [6, 6.07) is 7.54. The van der Waals surface area contributed by atoms with Gasteiger partial charge in [-0.2, -0.15) is 0 Å². The molecule has 2 saturated heterocycles. The van der Waals surface area contributed by atoms with E-state index >= 15 is 0 Å². The molecule has 290 valence electrons. The molecule has 12 N–H and O–H groups in total. The SMILES string of the molecule is CCc1cc(Cc2c(OC3OC(C(=O)OC4OC(C(=O)O)C(O)(O)C(O)C4O)C(O)C(O)C3O)cc3oc(-c4ccc(O)c(O)c4)cc(=O)c3c2O)c[nH]1. The fourth-order valence-corrected chi connectivity index (χ4v) is 6.07. The van der Waals surface area contributed by atoms with Crippen molar-refractivity contribution < 1.29 is 89.1 Å². The zero-order valence-electron chi connectivity index (χ0n) is 27.8. The number of carboxylic acid groups (broad SMARTS) is 1. The number of fused-ring (bicyclic) bond motifs is 1. The number of rotatable bonds is 9. The maximum atomic E-state index is 13.4. The number of carbonyl (C=O) groups excluding carboxylic acids is 1. The number of phenols is 3. The molecule has 2 aliphatic heterocycles. The van der Waals surface area contributed by atoms with E-state index in [-0.39, 0.29) is 40.0 Å². The molecular formula is C34H35NO19. The smallest absolute Gasteiger partial charge is 0.340 e. The van der Waals surface area contributed by atoms with Gasteiger partial charge in [-0.05, 0) is 36.2 Å². The number of benzene rings is 2. The highest BCUT2D eigenvalue weighted by atomic mass is 16.8. The number of aromatic nitrogens is 1. The molecule has 9 unspecified atom stereocenters. The van der Waals surface area contributed by atoms with Gasteiger partial charge in [0, 0.05) is 41.6 Å². The first-order valence-corrected chi connectivity index (χ1v) is 16.2. The third kappa shape index (κ3) is 6.93. The Morgan fingerprint density at radius 2 is 1.61 bits per heavy atom. The van der Waals surface area contributed by atoms with E-state index in [0.29, 0.717) is 12.0 Å². The number of aliphatic hydroxyl groups excluding tert-OH is 5. The third-order valence-corrected chi connectivity index (χ3v) is 9.08. The van der Waals surface area contributed by atoms with Gasteiger partial charge in [-0.3, -0.25) is 4.79 Å². The molecule has 0 radical (unpaired) electrons. The van der Waals surface area contributed by atoms with Crippen LogP contribution < -0.4 is 10.2 Å². The summed E-state index contributed by atoms with van der Waals surface area (Å²) in [5, 5.41) is 113. The van der Waals surface area contributed by atoms with Crippen molar-refractivity contribution in [2.75, 3.05) is 0 Å². The Morgan fingerprint density at radius 3 is 2.26 bits per heavy atom. The van der Waals surface area contributed by atoms with Crippen LogP contribution in [0.25, 0.3) is 22.3 Å². The number of hydrogen-bond acceptors (Lipinski definition) is 18. The zero-order chi connectivity index (χ0) is 39.4. The molecule has 9 atom stereocenters. The van der Waals surface area contributed by atoms with E-state index in [2.05, 4.69) is 4.98 Å². The molecule has 0 amide bonds. The van der Waals surface area contributed by atoms with Crippen LogP contribution in [0.5, 0.6) is 23.0 Å². The van der Waals surface area contributed by atoms with Crippen molar-refractivity contribution in [3.8, 4) is 34.3 Å². The van der Waals surface area contributed by atoms with E-state index in [9.17, 15) is 70.6 Å².